The highest BCUT2D eigenvalue weighted by Crippen LogP contribution is 2.07. The molecule has 0 aliphatic heterocycles. The molecule has 0 saturated carbocycles. The van der Waals surface area contributed by atoms with Gasteiger partial charge in [-0.25, -0.2) is 4.39 Å². The molecule has 0 saturated heterocycles. The second-order valence-corrected chi connectivity index (χ2v) is 4.53. The van der Waals surface area contributed by atoms with Crippen LogP contribution in [0.25, 0.3) is 0 Å². The van der Waals surface area contributed by atoms with Gasteiger partial charge in [-0.1, -0.05) is 0 Å². The number of nitrogens with zero attached hydrogens (tertiary/aromatic N) is 1. The summed E-state index contributed by atoms with van der Waals surface area (Å²) in [6.45, 7) is 5.16. The van der Waals surface area contributed by atoms with Gasteiger partial charge in [0.25, 0.3) is 0 Å². The Kier molecular flexibility index (Phi) is 7.30. The number of rotatable bonds is 9. The van der Waals surface area contributed by atoms with Gasteiger partial charge in [0.1, 0.15) is 5.82 Å². The summed E-state index contributed by atoms with van der Waals surface area (Å²) in [5.41, 5.74) is 0.582. The maximum absolute atomic E-state index is 12.7. The maximum Gasteiger partial charge on any atom is 0.162 e. The minimum Gasteiger partial charge on any atom is -0.380 e. The summed E-state index contributed by atoms with van der Waals surface area (Å²) >= 11 is 0. The van der Waals surface area contributed by atoms with Crippen LogP contribution in [0.1, 0.15) is 30.1 Å². The van der Waals surface area contributed by atoms with Gasteiger partial charge < -0.3 is 9.64 Å². The normalized spacial score (nSPS) is 10.9. The number of ether oxygens (including phenoxy) is 1. The monoisotopic (exact) mass is 267 g/mol. The number of hydrogen-bond donors (Lipinski definition) is 0. The van der Waals surface area contributed by atoms with Gasteiger partial charge in [0.05, 0.1) is 6.61 Å². The van der Waals surface area contributed by atoms with E-state index < -0.39 is 0 Å². The highest BCUT2D eigenvalue weighted by Gasteiger charge is 2.06. The minimum absolute atomic E-state index is 0.0678. The average molecular weight is 267 g/mol. The van der Waals surface area contributed by atoms with Crippen LogP contribution in [-0.2, 0) is 4.74 Å². The summed E-state index contributed by atoms with van der Waals surface area (Å²) in [6, 6.07) is 5.72. The highest BCUT2D eigenvalue weighted by molar-refractivity contribution is 5.95. The Hall–Kier alpha value is -1.26. The van der Waals surface area contributed by atoms with Crippen molar-refractivity contribution in [3.8, 4) is 0 Å². The maximum atomic E-state index is 12.7. The van der Waals surface area contributed by atoms with E-state index in [1.165, 1.54) is 24.3 Å². The van der Waals surface area contributed by atoms with Gasteiger partial charge in [-0.15, -0.1) is 0 Å². The quantitative estimate of drug-likeness (QED) is 0.509. The van der Waals surface area contributed by atoms with Gasteiger partial charge in [-0.05, 0) is 51.2 Å². The molecule has 0 atom stereocenters. The molecule has 0 bridgehead atoms. The fraction of sp³-hybridized carbons (Fsp3) is 0.533. The van der Waals surface area contributed by atoms with Crippen LogP contribution in [0, 0.1) is 5.82 Å². The first kappa shape index (κ1) is 15.8. The number of ketones is 1. The zero-order valence-electron chi connectivity index (χ0n) is 11.7. The fourth-order valence-electron chi connectivity index (χ4n) is 1.77. The molecule has 0 aliphatic rings. The van der Waals surface area contributed by atoms with E-state index in [4.69, 9.17) is 4.74 Å². The van der Waals surface area contributed by atoms with E-state index in [1.54, 1.807) is 0 Å². The lowest BCUT2D eigenvalue weighted by Crippen LogP contribution is -2.24. The molecule has 3 nitrogen and oxygen atoms in total. The van der Waals surface area contributed by atoms with Crippen molar-refractivity contribution in [2.24, 2.45) is 0 Å². The highest BCUT2D eigenvalue weighted by atomic mass is 19.1. The summed E-state index contributed by atoms with van der Waals surface area (Å²) in [5.74, 6) is -0.245. The largest absolute Gasteiger partial charge is 0.380 e. The van der Waals surface area contributed by atoms with Crippen LogP contribution < -0.4 is 0 Å². The lowest BCUT2D eigenvalue weighted by molar-refractivity contribution is 0.0970. The van der Waals surface area contributed by atoms with E-state index in [0.717, 1.165) is 32.7 Å². The minimum atomic E-state index is -0.313. The molecule has 0 spiro atoms. The molecule has 0 fully saturated rings. The number of halogens is 1. The molecule has 1 aromatic carbocycles. The summed E-state index contributed by atoms with van der Waals surface area (Å²) in [5, 5.41) is 0. The molecule has 0 radical (unpaired) electrons. The van der Waals surface area contributed by atoms with E-state index in [-0.39, 0.29) is 11.6 Å². The van der Waals surface area contributed by atoms with E-state index in [0.29, 0.717) is 12.0 Å². The van der Waals surface area contributed by atoms with E-state index in [9.17, 15) is 9.18 Å². The first-order chi connectivity index (χ1) is 9.13. The SMILES string of the molecule is CCOCCN(C)CCCC(=O)c1ccc(F)cc1. The lowest BCUT2D eigenvalue weighted by Gasteiger charge is -2.15. The Morgan fingerprint density at radius 3 is 2.58 bits per heavy atom. The third-order valence-corrected chi connectivity index (χ3v) is 2.93. The zero-order valence-corrected chi connectivity index (χ0v) is 11.7. The van der Waals surface area contributed by atoms with Crippen molar-refractivity contribution < 1.29 is 13.9 Å². The Labute approximate surface area is 114 Å². The van der Waals surface area contributed by atoms with Crippen LogP contribution in [0.2, 0.25) is 0 Å². The molecule has 4 heteroatoms. The predicted octanol–water partition coefficient (Wildman–Crippen LogP) is 2.76. The molecule has 0 unspecified atom stereocenters. The molecule has 0 amide bonds. The standard InChI is InChI=1S/C15H22FNO2/c1-3-19-12-11-17(2)10-4-5-15(18)13-6-8-14(16)9-7-13/h6-9H,3-5,10-12H2,1-2H3. The first-order valence-corrected chi connectivity index (χ1v) is 6.68. The first-order valence-electron chi connectivity index (χ1n) is 6.68. The van der Waals surface area contributed by atoms with E-state index >= 15 is 0 Å². The summed E-state index contributed by atoms with van der Waals surface area (Å²) < 4.78 is 18.0. The van der Waals surface area contributed by atoms with Crippen molar-refractivity contribution in [3.63, 3.8) is 0 Å². The average Bonchev–Trinajstić information content (AvgIpc) is 2.39. The number of Topliss-reactive ketones (excluding diaryl/α,β-unsaturated/α-hetero) is 1. The topological polar surface area (TPSA) is 29.5 Å². The van der Waals surface area contributed by atoms with Crippen LogP contribution in [-0.4, -0.2) is 44.0 Å². The van der Waals surface area contributed by atoms with Gasteiger partial charge in [0.2, 0.25) is 0 Å². The van der Waals surface area contributed by atoms with Crippen LogP contribution in [0.4, 0.5) is 4.39 Å². The molecular formula is C15H22FNO2. The smallest absolute Gasteiger partial charge is 0.162 e. The third-order valence-electron chi connectivity index (χ3n) is 2.93. The van der Waals surface area contributed by atoms with Crippen LogP contribution in [0.15, 0.2) is 24.3 Å². The van der Waals surface area contributed by atoms with Gasteiger partial charge in [0, 0.05) is 25.1 Å². The predicted molar refractivity (Wildman–Crippen MR) is 74.0 cm³/mol. The number of benzene rings is 1. The summed E-state index contributed by atoms with van der Waals surface area (Å²) in [6.07, 6.45) is 1.30. The second-order valence-electron chi connectivity index (χ2n) is 4.53. The van der Waals surface area contributed by atoms with Crippen molar-refractivity contribution in [2.45, 2.75) is 19.8 Å². The summed E-state index contributed by atoms with van der Waals surface area (Å²) in [7, 11) is 2.02. The zero-order chi connectivity index (χ0) is 14.1. The molecule has 1 rings (SSSR count). The molecule has 0 aromatic heterocycles. The van der Waals surface area contributed by atoms with Crippen LogP contribution in [0.3, 0.4) is 0 Å². The van der Waals surface area contributed by atoms with E-state index in [1.807, 2.05) is 14.0 Å². The van der Waals surface area contributed by atoms with Gasteiger partial charge in [-0.3, -0.25) is 4.79 Å². The second kappa shape index (κ2) is 8.77. The summed E-state index contributed by atoms with van der Waals surface area (Å²) in [4.78, 5) is 14.0. The Morgan fingerprint density at radius 2 is 1.95 bits per heavy atom. The van der Waals surface area contributed by atoms with Crippen molar-refractivity contribution in [1.29, 1.82) is 0 Å². The van der Waals surface area contributed by atoms with Crippen LogP contribution in [0.5, 0.6) is 0 Å². The van der Waals surface area contributed by atoms with Crippen LogP contribution >= 0.6 is 0 Å². The van der Waals surface area contributed by atoms with Crippen molar-refractivity contribution in [1.82, 2.24) is 4.90 Å². The molecule has 1 aromatic rings. The van der Waals surface area contributed by atoms with Gasteiger partial charge >= 0.3 is 0 Å². The third kappa shape index (κ3) is 6.45. The van der Waals surface area contributed by atoms with Crippen molar-refractivity contribution >= 4 is 5.78 Å². The van der Waals surface area contributed by atoms with Crippen molar-refractivity contribution in [2.75, 3.05) is 33.4 Å². The molecular weight excluding hydrogens is 245 g/mol. The number of carbonyl (C=O) groups excluding carboxylic acids is 1. The van der Waals surface area contributed by atoms with Gasteiger partial charge in [-0.2, -0.15) is 0 Å². The van der Waals surface area contributed by atoms with Crippen molar-refractivity contribution in [3.05, 3.63) is 35.6 Å². The Bertz CT molecular complexity index is 378. The molecule has 19 heavy (non-hydrogen) atoms. The molecule has 0 N–H and O–H groups in total. The fourth-order valence-corrected chi connectivity index (χ4v) is 1.77. The number of carbonyl (C=O) groups is 1. The molecule has 106 valence electrons. The lowest BCUT2D eigenvalue weighted by atomic mass is 10.1. The number of likely N-dealkylation sites (N-methyl/N-ethyl adjacent to an activating group) is 1. The number of hydrogen-bond acceptors (Lipinski definition) is 3. The molecule has 0 heterocycles. The van der Waals surface area contributed by atoms with E-state index in [2.05, 4.69) is 4.90 Å². The van der Waals surface area contributed by atoms with Gasteiger partial charge in [0.15, 0.2) is 5.78 Å². The Morgan fingerprint density at radius 1 is 1.26 bits per heavy atom. The Balaban J connectivity index is 2.21. The molecule has 0 aliphatic carbocycles.